The SMILES string of the molecule is CC(C)=NNC(=O)CN(c1cccc2ccccc12)S(C)(=O)=O. The maximum absolute atomic E-state index is 12.2. The fourth-order valence-electron chi connectivity index (χ4n) is 2.15. The first-order valence-electron chi connectivity index (χ1n) is 7.04. The van der Waals surface area contributed by atoms with Crippen LogP contribution in [0.5, 0.6) is 0 Å². The summed E-state index contributed by atoms with van der Waals surface area (Å²) >= 11 is 0. The maximum atomic E-state index is 12.2. The van der Waals surface area contributed by atoms with Gasteiger partial charge in [0.25, 0.3) is 5.91 Å². The molecule has 0 aliphatic carbocycles. The summed E-state index contributed by atoms with van der Waals surface area (Å²) in [6, 6.07) is 12.8. The van der Waals surface area contributed by atoms with E-state index in [1.807, 2.05) is 30.3 Å². The topological polar surface area (TPSA) is 78.8 Å². The number of nitrogens with zero attached hydrogens (tertiary/aromatic N) is 2. The number of nitrogens with one attached hydrogen (secondary N) is 1. The molecule has 122 valence electrons. The second-order valence-corrected chi connectivity index (χ2v) is 7.27. The van der Waals surface area contributed by atoms with Crippen LogP contribution in [0.2, 0.25) is 0 Å². The van der Waals surface area contributed by atoms with E-state index in [0.717, 1.165) is 21.3 Å². The predicted octanol–water partition coefficient (Wildman–Crippen LogP) is 2.12. The molecule has 0 aliphatic heterocycles. The quantitative estimate of drug-likeness (QED) is 0.672. The molecule has 7 heteroatoms. The van der Waals surface area contributed by atoms with Crippen LogP contribution in [-0.2, 0) is 14.8 Å². The molecule has 0 heterocycles. The van der Waals surface area contributed by atoms with E-state index in [1.165, 1.54) is 0 Å². The standard InChI is InChI=1S/C16H19N3O3S/c1-12(2)17-18-16(20)11-19(23(3,21)22)15-10-6-8-13-7-4-5-9-14(13)15/h4-10H,11H2,1-3H3,(H,18,20). The Kier molecular flexibility index (Phi) is 5.00. The summed E-state index contributed by atoms with van der Waals surface area (Å²) in [6.45, 7) is 3.14. The van der Waals surface area contributed by atoms with Crippen molar-refractivity contribution in [1.82, 2.24) is 5.43 Å². The number of hydrazone groups is 1. The summed E-state index contributed by atoms with van der Waals surface area (Å²) in [7, 11) is -3.62. The molecular formula is C16H19N3O3S. The summed E-state index contributed by atoms with van der Waals surface area (Å²) in [5.41, 5.74) is 3.49. The lowest BCUT2D eigenvalue weighted by molar-refractivity contribution is -0.119. The second-order valence-electron chi connectivity index (χ2n) is 5.36. The molecule has 0 bridgehead atoms. The number of hydrogen-bond donors (Lipinski definition) is 1. The Morgan fingerprint density at radius 3 is 2.43 bits per heavy atom. The number of fused-ring (bicyclic) bond motifs is 1. The normalized spacial score (nSPS) is 11.1. The molecule has 0 radical (unpaired) electrons. The molecule has 6 nitrogen and oxygen atoms in total. The predicted molar refractivity (Wildman–Crippen MR) is 93.1 cm³/mol. The fourth-order valence-corrected chi connectivity index (χ4v) is 3.02. The second kappa shape index (κ2) is 6.78. The van der Waals surface area contributed by atoms with Gasteiger partial charge >= 0.3 is 0 Å². The highest BCUT2D eigenvalue weighted by Gasteiger charge is 2.22. The van der Waals surface area contributed by atoms with Gasteiger partial charge in [-0.2, -0.15) is 5.10 Å². The van der Waals surface area contributed by atoms with Crippen LogP contribution in [0.15, 0.2) is 47.6 Å². The Morgan fingerprint density at radius 2 is 1.78 bits per heavy atom. The minimum atomic E-state index is -3.62. The van der Waals surface area contributed by atoms with Crippen molar-refractivity contribution in [2.45, 2.75) is 13.8 Å². The molecule has 1 N–H and O–H groups in total. The van der Waals surface area contributed by atoms with Crippen LogP contribution in [0.1, 0.15) is 13.8 Å². The summed E-state index contributed by atoms with van der Waals surface area (Å²) < 4.78 is 25.4. The molecule has 2 rings (SSSR count). The molecule has 0 fully saturated rings. The van der Waals surface area contributed by atoms with Gasteiger partial charge in [0.2, 0.25) is 10.0 Å². The van der Waals surface area contributed by atoms with E-state index in [9.17, 15) is 13.2 Å². The van der Waals surface area contributed by atoms with Crippen LogP contribution in [0.3, 0.4) is 0 Å². The molecule has 0 atom stereocenters. The van der Waals surface area contributed by atoms with Gasteiger partial charge in [0.1, 0.15) is 6.54 Å². The Morgan fingerprint density at radius 1 is 1.13 bits per heavy atom. The molecule has 0 unspecified atom stereocenters. The van der Waals surface area contributed by atoms with Gasteiger partial charge in [-0.3, -0.25) is 9.10 Å². The summed E-state index contributed by atoms with van der Waals surface area (Å²) in [6.07, 6.45) is 1.08. The largest absolute Gasteiger partial charge is 0.271 e. The van der Waals surface area contributed by atoms with Crippen molar-refractivity contribution in [2.24, 2.45) is 5.10 Å². The van der Waals surface area contributed by atoms with Crippen molar-refractivity contribution in [3.8, 4) is 0 Å². The zero-order valence-corrected chi connectivity index (χ0v) is 14.1. The van der Waals surface area contributed by atoms with E-state index in [4.69, 9.17) is 0 Å². The monoisotopic (exact) mass is 333 g/mol. The van der Waals surface area contributed by atoms with Gasteiger partial charge in [-0.05, 0) is 25.3 Å². The van der Waals surface area contributed by atoms with Crippen LogP contribution in [0.4, 0.5) is 5.69 Å². The van der Waals surface area contributed by atoms with Gasteiger partial charge in [0.15, 0.2) is 0 Å². The van der Waals surface area contributed by atoms with Gasteiger partial charge in [-0.25, -0.2) is 13.8 Å². The van der Waals surface area contributed by atoms with Gasteiger partial charge in [-0.15, -0.1) is 0 Å². The van der Waals surface area contributed by atoms with Crippen LogP contribution in [0.25, 0.3) is 10.8 Å². The molecule has 23 heavy (non-hydrogen) atoms. The van der Waals surface area contributed by atoms with Gasteiger partial charge in [0, 0.05) is 11.1 Å². The number of carbonyl (C=O) groups excluding carboxylic acids is 1. The third-order valence-corrected chi connectivity index (χ3v) is 4.25. The van der Waals surface area contributed by atoms with Crippen molar-refractivity contribution < 1.29 is 13.2 Å². The first kappa shape index (κ1) is 17.0. The fraction of sp³-hybridized carbons (Fsp3) is 0.250. The minimum Gasteiger partial charge on any atom is -0.271 e. The molecule has 0 spiro atoms. The first-order valence-corrected chi connectivity index (χ1v) is 8.89. The Labute approximate surface area is 135 Å². The van der Waals surface area contributed by atoms with E-state index in [1.54, 1.807) is 26.0 Å². The van der Waals surface area contributed by atoms with Crippen molar-refractivity contribution in [1.29, 1.82) is 0 Å². The molecule has 1 amide bonds. The lowest BCUT2D eigenvalue weighted by atomic mass is 10.1. The van der Waals surface area contributed by atoms with Gasteiger partial charge < -0.3 is 0 Å². The highest BCUT2D eigenvalue weighted by atomic mass is 32.2. The zero-order valence-electron chi connectivity index (χ0n) is 13.3. The molecule has 2 aromatic rings. The average molecular weight is 333 g/mol. The summed E-state index contributed by atoms with van der Waals surface area (Å²) in [5, 5.41) is 5.48. The highest BCUT2D eigenvalue weighted by Crippen LogP contribution is 2.28. The van der Waals surface area contributed by atoms with Gasteiger partial charge in [0.05, 0.1) is 11.9 Å². The van der Waals surface area contributed by atoms with Crippen molar-refractivity contribution in [3.05, 3.63) is 42.5 Å². The highest BCUT2D eigenvalue weighted by molar-refractivity contribution is 7.92. The minimum absolute atomic E-state index is 0.330. The maximum Gasteiger partial charge on any atom is 0.260 e. The molecule has 2 aromatic carbocycles. The van der Waals surface area contributed by atoms with E-state index in [2.05, 4.69) is 10.5 Å². The number of carbonyl (C=O) groups is 1. The molecule has 0 aliphatic rings. The van der Waals surface area contributed by atoms with E-state index in [0.29, 0.717) is 11.4 Å². The summed E-state index contributed by atoms with van der Waals surface area (Å²) in [5.74, 6) is -0.496. The Hall–Kier alpha value is -2.41. The molecule has 0 aromatic heterocycles. The number of benzene rings is 2. The third kappa shape index (κ3) is 4.29. The van der Waals surface area contributed by atoms with Crippen LogP contribution in [-0.4, -0.2) is 32.8 Å². The van der Waals surface area contributed by atoms with Crippen LogP contribution in [0, 0.1) is 0 Å². The van der Waals surface area contributed by atoms with Crippen LogP contribution >= 0.6 is 0 Å². The summed E-state index contributed by atoms with van der Waals surface area (Å²) in [4.78, 5) is 12.0. The van der Waals surface area contributed by atoms with E-state index < -0.39 is 15.9 Å². The third-order valence-electron chi connectivity index (χ3n) is 3.13. The van der Waals surface area contributed by atoms with Crippen molar-refractivity contribution in [3.63, 3.8) is 0 Å². The number of hydrogen-bond acceptors (Lipinski definition) is 4. The lowest BCUT2D eigenvalue weighted by Gasteiger charge is -2.23. The lowest BCUT2D eigenvalue weighted by Crippen LogP contribution is -2.39. The first-order chi connectivity index (χ1) is 10.8. The average Bonchev–Trinajstić information content (AvgIpc) is 2.49. The smallest absolute Gasteiger partial charge is 0.260 e. The van der Waals surface area contributed by atoms with Gasteiger partial charge in [-0.1, -0.05) is 36.4 Å². The van der Waals surface area contributed by atoms with E-state index in [-0.39, 0.29) is 6.54 Å². The molecular weight excluding hydrogens is 314 g/mol. The van der Waals surface area contributed by atoms with Crippen molar-refractivity contribution in [2.75, 3.05) is 17.1 Å². The molecule has 0 saturated carbocycles. The number of sulfonamides is 1. The van der Waals surface area contributed by atoms with E-state index >= 15 is 0 Å². The Bertz CT molecular complexity index is 851. The number of rotatable bonds is 5. The van der Waals surface area contributed by atoms with Crippen molar-refractivity contribution >= 4 is 38.1 Å². The number of amides is 1. The Balaban J connectivity index is 2.43. The zero-order chi connectivity index (χ0) is 17.0. The number of anilines is 1. The van der Waals surface area contributed by atoms with Crippen LogP contribution < -0.4 is 9.73 Å². The molecule has 0 saturated heterocycles.